The Kier molecular flexibility index (Phi) is 4.70. The molecule has 1 N–H and O–H groups in total. The van der Waals surface area contributed by atoms with Crippen molar-refractivity contribution < 1.29 is 9.53 Å². The lowest BCUT2D eigenvalue weighted by molar-refractivity contribution is -0.129. The van der Waals surface area contributed by atoms with Gasteiger partial charge >= 0.3 is 0 Å². The highest BCUT2D eigenvalue weighted by molar-refractivity contribution is 5.81. The number of ether oxygens (including phenoxy) is 1. The summed E-state index contributed by atoms with van der Waals surface area (Å²) in [7, 11) is 0. The summed E-state index contributed by atoms with van der Waals surface area (Å²) in [6.45, 7) is 4.16. The number of hydrogen-bond acceptors (Lipinski definition) is 2. The number of hydrogen-bond donors (Lipinski definition) is 1. The van der Waals surface area contributed by atoms with E-state index in [1.54, 1.807) is 0 Å². The molecule has 3 rings (SSSR count). The SMILES string of the molecule is CC[C@@H](Oc1ccccc1)C(=O)N[C@@H](C)[C@@H]1C[C@@H]2CC[C@@H]1C2. The highest BCUT2D eigenvalue weighted by Crippen LogP contribution is 2.49. The molecule has 0 aliphatic heterocycles. The summed E-state index contributed by atoms with van der Waals surface area (Å²) >= 11 is 0. The molecule has 0 spiro atoms. The van der Waals surface area contributed by atoms with Crippen LogP contribution in [0.5, 0.6) is 5.75 Å². The van der Waals surface area contributed by atoms with E-state index in [-0.39, 0.29) is 11.9 Å². The first kappa shape index (κ1) is 15.4. The number of amides is 1. The van der Waals surface area contributed by atoms with Crippen LogP contribution in [0, 0.1) is 17.8 Å². The Hall–Kier alpha value is -1.51. The summed E-state index contributed by atoms with van der Waals surface area (Å²) in [5, 5.41) is 3.21. The monoisotopic (exact) mass is 301 g/mol. The third-order valence-electron chi connectivity index (χ3n) is 5.49. The number of rotatable bonds is 6. The Morgan fingerprint density at radius 1 is 1.27 bits per heavy atom. The quantitative estimate of drug-likeness (QED) is 0.868. The van der Waals surface area contributed by atoms with E-state index >= 15 is 0 Å². The molecule has 0 saturated heterocycles. The summed E-state index contributed by atoms with van der Waals surface area (Å²) in [5.41, 5.74) is 0. The number of carbonyl (C=O) groups is 1. The average molecular weight is 301 g/mol. The summed E-state index contributed by atoms with van der Waals surface area (Å²) in [6, 6.07) is 9.86. The molecule has 5 atom stereocenters. The molecule has 1 amide bonds. The fourth-order valence-electron chi connectivity index (χ4n) is 4.32. The van der Waals surface area contributed by atoms with Crippen molar-refractivity contribution in [3.05, 3.63) is 30.3 Å². The van der Waals surface area contributed by atoms with Crippen LogP contribution < -0.4 is 10.1 Å². The maximum absolute atomic E-state index is 12.5. The molecule has 0 radical (unpaired) electrons. The molecule has 3 nitrogen and oxygen atoms in total. The van der Waals surface area contributed by atoms with E-state index in [1.807, 2.05) is 37.3 Å². The summed E-state index contributed by atoms with van der Waals surface area (Å²) in [4.78, 5) is 12.5. The molecule has 1 aromatic rings. The van der Waals surface area contributed by atoms with E-state index in [0.717, 1.165) is 17.6 Å². The number of carbonyl (C=O) groups excluding carboxylic acids is 1. The molecule has 2 bridgehead atoms. The van der Waals surface area contributed by atoms with E-state index in [0.29, 0.717) is 12.3 Å². The van der Waals surface area contributed by atoms with E-state index in [9.17, 15) is 4.79 Å². The minimum Gasteiger partial charge on any atom is -0.481 e. The highest BCUT2D eigenvalue weighted by atomic mass is 16.5. The third kappa shape index (κ3) is 3.29. The molecule has 120 valence electrons. The normalized spacial score (nSPS) is 29.1. The molecule has 1 aromatic carbocycles. The van der Waals surface area contributed by atoms with E-state index in [4.69, 9.17) is 4.74 Å². The zero-order valence-corrected chi connectivity index (χ0v) is 13.6. The van der Waals surface area contributed by atoms with Crippen LogP contribution in [0.25, 0.3) is 0 Å². The van der Waals surface area contributed by atoms with Gasteiger partial charge in [-0.2, -0.15) is 0 Å². The van der Waals surface area contributed by atoms with Gasteiger partial charge in [-0.05, 0) is 62.5 Å². The summed E-state index contributed by atoms with van der Waals surface area (Å²) in [6.07, 6.45) is 5.71. The smallest absolute Gasteiger partial charge is 0.261 e. The second-order valence-corrected chi connectivity index (χ2v) is 6.96. The number of nitrogens with one attached hydrogen (secondary N) is 1. The van der Waals surface area contributed by atoms with Gasteiger partial charge in [-0.1, -0.05) is 31.5 Å². The van der Waals surface area contributed by atoms with Gasteiger partial charge in [0, 0.05) is 6.04 Å². The van der Waals surface area contributed by atoms with Crippen LogP contribution in [0.1, 0.15) is 46.0 Å². The van der Waals surface area contributed by atoms with E-state index in [1.165, 1.54) is 25.7 Å². The predicted molar refractivity (Wildman–Crippen MR) is 87.7 cm³/mol. The highest BCUT2D eigenvalue weighted by Gasteiger charge is 2.42. The van der Waals surface area contributed by atoms with Crippen molar-refractivity contribution in [3.8, 4) is 5.75 Å². The van der Waals surface area contributed by atoms with Crippen molar-refractivity contribution in [3.63, 3.8) is 0 Å². The van der Waals surface area contributed by atoms with Crippen LogP contribution in [-0.4, -0.2) is 18.1 Å². The first-order valence-electron chi connectivity index (χ1n) is 8.69. The number of para-hydroxylation sites is 1. The van der Waals surface area contributed by atoms with Gasteiger partial charge in [-0.15, -0.1) is 0 Å². The second-order valence-electron chi connectivity index (χ2n) is 6.96. The predicted octanol–water partition coefficient (Wildman–Crippen LogP) is 3.78. The first-order valence-corrected chi connectivity index (χ1v) is 8.69. The lowest BCUT2D eigenvalue weighted by atomic mass is 9.84. The van der Waals surface area contributed by atoms with Crippen molar-refractivity contribution in [2.45, 2.75) is 58.1 Å². The lowest BCUT2D eigenvalue weighted by Gasteiger charge is -2.29. The molecule has 0 aromatic heterocycles. The van der Waals surface area contributed by atoms with Crippen LogP contribution in [0.4, 0.5) is 0 Å². The van der Waals surface area contributed by atoms with Crippen molar-refractivity contribution in [1.29, 1.82) is 0 Å². The number of fused-ring (bicyclic) bond motifs is 2. The van der Waals surface area contributed by atoms with Crippen LogP contribution in [0.15, 0.2) is 30.3 Å². The van der Waals surface area contributed by atoms with Gasteiger partial charge in [0.05, 0.1) is 0 Å². The molecule has 3 heteroatoms. The molecular formula is C19H27NO2. The molecule has 22 heavy (non-hydrogen) atoms. The zero-order chi connectivity index (χ0) is 15.5. The maximum atomic E-state index is 12.5. The molecule has 2 fully saturated rings. The zero-order valence-electron chi connectivity index (χ0n) is 13.6. The Bertz CT molecular complexity index is 501. The fraction of sp³-hybridized carbons (Fsp3) is 0.632. The number of benzene rings is 1. The van der Waals surface area contributed by atoms with Gasteiger partial charge in [-0.25, -0.2) is 0 Å². The fourth-order valence-corrected chi connectivity index (χ4v) is 4.32. The minimum absolute atomic E-state index is 0.0293. The Morgan fingerprint density at radius 3 is 2.64 bits per heavy atom. The van der Waals surface area contributed by atoms with E-state index in [2.05, 4.69) is 12.2 Å². The standard InChI is InChI=1S/C19H27NO2/c1-3-18(22-16-7-5-4-6-8-16)19(21)20-13(2)17-12-14-9-10-15(17)11-14/h4-8,13-15,17-18H,3,9-12H2,1-2H3,(H,20,21)/t13-,14+,15+,17-,18+/m0/s1. The Labute approximate surface area is 133 Å². The van der Waals surface area contributed by atoms with Crippen LogP contribution in [0.3, 0.4) is 0 Å². The Morgan fingerprint density at radius 2 is 2.05 bits per heavy atom. The molecule has 0 heterocycles. The summed E-state index contributed by atoms with van der Waals surface area (Å²) in [5.74, 6) is 3.20. The molecule has 2 aliphatic rings. The van der Waals surface area contributed by atoms with Gasteiger partial charge in [0.2, 0.25) is 0 Å². The van der Waals surface area contributed by atoms with E-state index < -0.39 is 6.10 Å². The first-order chi connectivity index (χ1) is 10.7. The second kappa shape index (κ2) is 6.72. The maximum Gasteiger partial charge on any atom is 0.261 e. The van der Waals surface area contributed by atoms with Gasteiger partial charge in [-0.3, -0.25) is 4.79 Å². The Balaban J connectivity index is 1.55. The summed E-state index contributed by atoms with van der Waals surface area (Å²) < 4.78 is 5.84. The lowest BCUT2D eigenvalue weighted by Crippen LogP contribution is -2.46. The largest absolute Gasteiger partial charge is 0.481 e. The van der Waals surface area contributed by atoms with Crippen molar-refractivity contribution in [1.82, 2.24) is 5.32 Å². The third-order valence-corrected chi connectivity index (χ3v) is 5.49. The van der Waals surface area contributed by atoms with Crippen molar-refractivity contribution >= 4 is 5.91 Å². The van der Waals surface area contributed by atoms with Crippen LogP contribution >= 0.6 is 0 Å². The van der Waals surface area contributed by atoms with Crippen LogP contribution in [0.2, 0.25) is 0 Å². The van der Waals surface area contributed by atoms with Crippen molar-refractivity contribution in [2.24, 2.45) is 17.8 Å². The van der Waals surface area contributed by atoms with Gasteiger partial charge in [0.25, 0.3) is 5.91 Å². The van der Waals surface area contributed by atoms with Crippen LogP contribution in [-0.2, 0) is 4.79 Å². The minimum atomic E-state index is -0.400. The van der Waals surface area contributed by atoms with Gasteiger partial charge in [0.1, 0.15) is 5.75 Å². The van der Waals surface area contributed by atoms with Gasteiger partial charge < -0.3 is 10.1 Å². The van der Waals surface area contributed by atoms with Gasteiger partial charge in [0.15, 0.2) is 6.10 Å². The van der Waals surface area contributed by atoms with Crippen molar-refractivity contribution in [2.75, 3.05) is 0 Å². The molecule has 2 saturated carbocycles. The molecular weight excluding hydrogens is 274 g/mol. The topological polar surface area (TPSA) is 38.3 Å². The molecule has 2 aliphatic carbocycles. The molecule has 0 unspecified atom stereocenters. The average Bonchev–Trinajstić information content (AvgIpc) is 3.16.